The van der Waals surface area contributed by atoms with Gasteiger partial charge in [0.15, 0.2) is 0 Å². The van der Waals surface area contributed by atoms with E-state index in [9.17, 15) is 35.1 Å². The number of alkyl halides is 5. The maximum atomic E-state index is 12.4. The molecule has 0 N–H and O–H groups in total. The number of hydrogen-bond donors (Lipinski definition) is 0. The fourth-order valence-electron chi connectivity index (χ4n) is 0.696. The molecule has 0 atom stereocenters. The predicted molar refractivity (Wildman–Crippen MR) is 28.5 cm³/mol. The SMILES string of the molecule is Fc1oc(C(F)(F)C(F)(F)F)c(F)c1F. The molecule has 15 heavy (non-hydrogen) atoms. The topological polar surface area (TPSA) is 13.1 Å². The fourth-order valence-corrected chi connectivity index (χ4v) is 0.696. The predicted octanol–water partition coefficient (Wildman–Crippen LogP) is 3.35. The van der Waals surface area contributed by atoms with Crippen LogP contribution in [0.4, 0.5) is 35.1 Å². The summed E-state index contributed by atoms with van der Waals surface area (Å²) in [6.45, 7) is 0. The maximum Gasteiger partial charge on any atom is 0.461 e. The van der Waals surface area contributed by atoms with Crippen LogP contribution in [0, 0.1) is 17.6 Å². The summed E-state index contributed by atoms with van der Waals surface area (Å²) in [5.74, 6) is -13.7. The highest BCUT2D eigenvalue weighted by molar-refractivity contribution is 5.13. The minimum absolute atomic E-state index is 2.47. The lowest BCUT2D eigenvalue weighted by atomic mass is 10.2. The summed E-state index contributed by atoms with van der Waals surface area (Å²) in [5, 5.41) is 0. The van der Waals surface area contributed by atoms with Crippen LogP contribution in [-0.2, 0) is 5.92 Å². The Kier molecular flexibility index (Phi) is 2.44. The zero-order chi connectivity index (χ0) is 12.0. The molecule has 0 aromatic carbocycles. The first-order chi connectivity index (χ1) is 6.59. The molecule has 0 radical (unpaired) electrons. The molecule has 86 valence electrons. The van der Waals surface area contributed by atoms with Crippen LogP contribution in [0.1, 0.15) is 5.76 Å². The van der Waals surface area contributed by atoms with Crippen molar-refractivity contribution in [2.45, 2.75) is 12.1 Å². The molecule has 0 saturated heterocycles. The van der Waals surface area contributed by atoms with E-state index in [-0.39, 0.29) is 0 Å². The molecule has 0 aliphatic rings. The van der Waals surface area contributed by atoms with Crippen molar-refractivity contribution in [1.82, 2.24) is 0 Å². The van der Waals surface area contributed by atoms with Crippen LogP contribution in [0.25, 0.3) is 0 Å². The minimum atomic E-state index is -6.20. The minimum Gasteiger partial charge on any atom is -0.424 e. The monoisotopic (exact) mass is 240 g/mol. The van der Waals surface area contributed by atoms with E-state index in [2.05, 4.69) is 4.42 Å². The zero-order valence-corrected chi connectivity index (χ0v) is 6.43. The van der Waals surface area contributed by atoms with Gasteiger partial charge in [0, 0.05) is 0 Å². The second-order valence-electron chi connectivity index (χ2n) is 2.41. The van der Waals surface area contributed by atoms with Crippen LogP contribution in [0.3, 0.4) is 0 Å². The molecule has 9 heteroatoms. The van der Waals surface area contributed by atoms with E-state index < -0.39 is 35.5 Å². The number of rotatable bonds is 1. The van der Waals surface area contributed by atoms with E-state index in [1.807, 2.05) is 0 Å². The van der Waals surface area contributed by atoms with Gasteiger partial charge in [0.2, 0.25) is 17.4 Å². The first-order valence-electron chi connectivity index (χ1n) is 3.17. The first kappa shape index (κ1) is 11.8. The maximum absolute atomic E-state index is 12.4. The Balaban J connectivity index is 3.34. The largest absolute Gasteiger partial charge is 0.461 e. The normalized spacial score (nSPS) is 13.3. The second kappa shape index (κ2) is 3.11. The van der Waals surface area contributed by atoms with E-state index in [1.54, 1.807) is 0 Å². The van der Waals surface area contributed by atoms with Gasteiger partial charge in [-0.1, -0.05) is 0 Å². The lowest BCUT2D eigenvalue weighted by Crippen LogP contribution is -2.34. The van der Waals surface area contributed by atoms with Gasteiger partial charge >= 0.3 is 18.1 Å². The van der Waals surface area contributed by atoms with Gasteiger partial charge in [-0.15, -0.1) is 0 Å². The first-order valence-corrected chi connectivity index (χ1v) is 3.17. The van der Waals surface area contributed by atoms with Crippen molar-refractivity contribution in [3.05, 3.63) is 23.4 Å². The molecular formula is C6F8O. The molecule has 0 amide bonds. The Morgan fingerprint density at radius 3 is 1.53 bits per heavy atom. The van der Waals surface area contributed by atoms with Crippen molar-refractivity contribution < 1.29 is 39.5 Å². The lowest BCUT2D eigenvalue weighted by molar-refractivity contribution is -0.297. The van der Waals surface area contributed by atoms with E-state index in [4.69, 9.17) is 0 Å². The van der Waals surface area contributed by atoms with Crippen LogP contribution >= 0.6 is 0 Å². The Hall–Kier alpha value is -1.28. The molecule has 0 spiro atoms. The van der Waals surface area contributed by atoms with Gasteiger partial charge in [-0.25, -0.2) is 0 Å². The van der Waals surface area contributed by atoms with Gasteiger partial charge in [-0.3, -0.25) is 0 Å². The van der Waals surface area contributed by atoms with Crippen molar-refractivity contribution in [3.8, 4) is 0 Å². The summed E-state index contributed by atoms with van der Waals surface area (Å²) in [7, 11) is 0. The van der Waals surface area contributed by atoms with E-state index in [0.29, 0.717) is 0 Å². The Morgan fingerprint density at radius 2 is 1.27 bits per heavy atom. The number of hydrogen-bond acceptors (Lipinski definition) is 1. The fraction of sp³-hybridized carbons (Fsp3) is 0.333. The van der Waals surface area contributed by atoms with Crippen molar-refractivity contribution in [2.24, 2.45) is 0 Å². The summed E-state index contributed by atoms with van der Waals surface area (Å²) in [6.07, 6.45) is -6.20. The molecule has 0 fully saturated rings. The summed E-state index contributed by atoms with van der Waals surface area (Å²) in [6, 6.07) is -2.47. The molecule has 1 nitrogen and oxygen atoms in total. The standard InChI is InChI=1S/C6F8O/c7-1-2(8)4(9)15-3(1)5(10,11)6(12,13)14. The van der Waals surface area contributed by atoms with Crippen molar-refractivity contribution in [1.29, 1.82) is 0 Å². The molecule has 1 rings (SSSR count). The summed E-state index contributed by atoms with van der Waals surface area (Å²) >= 11 is 0. The van der Waals surface area contributed by atoms with Gasteiger partial charge in [0.25, 0.3) is 0 Å². The molecule has 1 aromatic heterocycles. The molecule has 0 aliphatic carbocycles. The second-order valence-corrected chi connectivity index (χ2v) is 2.41. The van der Waals surface area contributed by atoms with Crippen LogP contribution in [-0.4, -0.2) is 6.18 Å². The summed E-state index contributed by atoms with van der Waals surface area (Å²) in [5.41, 5.74) is 0. The third kappa shape index (κ3) is 1.65. The Morgan fingerprint density at radius 1 is 0.800 bits per heavy atom. The molecular weight excluding hydrogens is 240 g/mol. The van der Waals surface area contributed by atoms with Gasteiger partial charge in [0.05, 0.1) is 0 Å². The molecule has 0 unspecified atom stereocenters. The highest BCUT2D eigenvalue weighted by Gasteiger charge is 2.63. The summed E-state index contributed by atoms with van der Waals surface area (Å²) < 4.78 is 99.1. The average molecular weight is 240 g/mol. The van der Waals surface area contributed by atoms with Crippen molar-refractivity contribution >= 4 is 0 Å². The summed E-state index contributed by atoms with van der Waals surface area (Å²) in [4.78, 5) is 0. The van der Waals surface area contributed by atoms with E-state index in [0.717, 1.165) is 0 Å². The number of furan rings is 1. The molecule has 0 saturated carbocycles. The Labute approximate surface area is 76.3 Å². The quantitative estimate of drug-likeness (QED) is 0.686. The van der Waals surface area contributed by atoms with Crippen LogP contribution in [0.15, 0.2) is 4.42 Å². The third-order valence-electron chi connectivity index (χ3n) is 1.40. The van der Waals surface area contributed by atoms with E-state index in [1.165, 1.54) is 0 Å². The van der Waals surface area contributed by atoms with Crippen molar-refractivity contribution in [3.63, 3.8) is 0 Å². The van der Waals surface area contributed by atoms with Crippen molar-refractivity contribution in [2.75, 3.05) is 0 Å². The van der Waals surface area contributed by atoms with E-state index >= 15 is 0 Å². The van der Waals surface area contributed by atoms with Gasteiger partial charge < -0.3 is 4.42 Å². The van der Waals surface area contributed by atoms with Gasteiger partial charge in [-0.05, 0) is 0 Å². The lowest BCUT2D eigenvalue weighted by Gasteiger charge is -2.16. The molecule has 0 bridgehead atoms. The number of halogens is 8. The van der Waals surface area contributed by atoms with Gasteiger partial charge in [-0.2, -0.15) is 35.1 Å². The third-order valence-corrected chi connectivity index (χ3v) is 1.40. The highest BCUT2D eigenvalue weighted by Crippen LogP contribution is 2.45. The van der Waals surface area contributed by atoms with Gasteiger partial charge in [0.1, 0.15) is 0 Å². The highest BCUT2D eigenvalue weighted by atomic mass is 19.4. The zero-order valence-electron chi connectivity index (χ0n) is 6.43. The smallest absolute Gasteiger partial charge is 0.424 e. The van der Waals surface area contributed by atoms with Crippen LogP contribution < -0.4 is 0 Å². The Bertz CT molecular complexity index is 375. The average Bonchev–Trinajstić information content (AvgIpc) is 2.31. The molecule has 1 heterocycles. The van der Waals surface area contributed by atoms with Crippen LogP contribution in [0.5, 0.6) is 0 Å². The molecule has 1 aromatic rings. The molecule has 0 aliphatic heterocycles. The van der Waals surface area contributed by atoms with Crippen LogP contribution in [0.2, 0.25) is 0 Å².